The molecule has 3 aromatic rings. The van der Waals surface area contributed by atoms with Gasteiger partial charge in [0.15, 0.2) is 5.11 Å². The van der Waals surface area contributed by atoms with Gasteiger partial charge in [0.25, 0.3) is 0 Å². The second-order valence-electron chi connectivity index (χ2n) is 6.45. The number of thiocarbonyl (C=S) groups is 1. The fourth-order valence-corrected chi connectivity index (χ4v) is 3.09. The number of nitrogens with zero attached hydrogens (tertiary/aromatic N) is 2. The number of halogens is 4. The predicted octanol–water partition coefficient (Wildman–Crippen LogP) is 5.52. The van der Waals surface area contributed by atoms with Crippen molar-refractivity contribution in [1.29, 1.82) is 0 Å². The van der Waals surface area contributed by atoms with Gasteiger partial charge in [0.1, 0.15) is 5.82 Å². The van der Waals surface area contributed by atoms with Crippen LogP contribution in [-0.2, 0) is 12.7 Å². The lowest BCUT2D eigenvalue weighted by atomic mass is 10.2. The smallest absolute Gasteiger partial charge is 0.332 e. The molecule has 1 aromatic heterocycles. The Balaban J connectivity index is 1.74. The van der Waals surface area contributed by atoms with Crippen LogP contribution in [0.2, 0.25) is 0 Å². The molecule has 0 aliphatic rings. The Morgan fingerprint density at radius 2 is 1.79 bits per heavy atom. The maximum atomic E-state index is 13.9. The van der Waals surface area contributed by atoms with E-state index in [0.717, 1.165) is 17.8 Å². The molecule has 0 unspecified atom stereocenters. The van der Waals surface area contributed by atoms with Crippen molar-refractivity contribution >= 4 is 28.7 Å². The number of anilines is 2. The average molecular weight is 422 g/mol. The first-order chi connectivity index (χ1) is 13.6. The first-order valence-electron chi connectivity index (χ1n) is 8.68. The lowest BCUT2D eigenvalue weighted by Gasteiger charge is -2.13. The van der Waals surface area contributed by atoms with Gasteiger partial charge in [-0.25, -0.2) is 4.39 Å². The number of benzene rings is 2. The van der Waals surface area contributed by atoms with E-state index >= 15 is 0 Å². The van der Waals surface area contributed by atoms with E-state index in [1.165, 1.54) is 18.2 Å². The molecule has 0 radical (unpaired) electrons. The molecule has 2 aromatic carbocycles. The summed E-state index contributed by atoms with van der Waals surface area (Å²) in [5, 5.41) is 10.2. The van der Waals surface area contributed by atoms with E-state index in [9.17, 15) is 17.6 Å². The predicted molar refractivity (Wildman–Crippen MR) is 108 cm³/mol. The highest BCUT2D eigenvalue weighted by Gasteiger charge is 2.30. The van der Waals surface area contributed by atoms with Gasteiger partial charge in [-0.15, -0.1) is 0 Å². The van der Waals surface area contributed by atoms with Crippen molar-refractivity contribution in [1.82, 2.24) is 9.78 Å². The molecule has 0 amide bonds. The maximum absolute atomic E-state index is 13.9. The summed E-state index contributed by atoms with van der Waals surface area (Å²) in [6.45, 7) is 3.81. The Morgan fingerprint density at radius 1 is 1.07 bits per heavy atom. The molecular weight excluding hydrogens is 404 g/mol. The number of alkyl halides is 3. The summed E-state index contributed by atoms with van der Waals surface area (Å²) in [6, 6.07) is 11.2. The second-order valence-corrected chi connectivity index (χ2v) is 6.86. The van der Waals surface area contributed by atoms with Gasteiger partial charge in [0.05, 0.1) is 29.2 Å². The van der Waals surface area contributed by atoms with Crippen molar-refractivity contribution < 1.29 is 17.6 Å². The highest BCUT2D eigenvalue weighted by atomic mass is 32.1. The van der Waals surface area contributed by atoms with E-state index < -0.39 is 11.7 Å². The Labute approximate surface area is 170 Å². The quantitative estimate of drug-likeness (QED) is 0.430. The minimum absolute atomic E-state index is 0.126. The Hall–Kier alpha value is -2.94. The average Bonchev–Trinajstić information content (AvgIpc) is 2.90. The number of aryl methyl sites for hydroxylation is 1. The lowest BCUT2D eigenvalue weighted by molar-refractivity contribution is -0.137. The number of aromatic nitrogens is 2. The summed E-state index contributed by atoms with van der Waals surface area (Å²) in [6.07, 6.45) is -4.44. The van der Waals surface area contributed by atoms with Crippen LogP contribution in [0.4, 0.5) is 28.9 Å². The van der Waals surface area contributed by atoms with Gasteiger partial charge in [-0.3, -0.25) is 4.68 Å². The van der Waals surface area contributed by atoms with Crippen LogP contribution in [0.1, 0.15) is 22.5 Å². The Bertz CT molecular complexity index is 1040. The zero-order chi connectivity index (χ0) is 21.2. The summed E-state index contributed by atoms with van der Waals surface area (Å²) in [4.78, 5) is 0. The molecule has 3 rings (SSSR count). The zero-order valence-corrected chi connectivity index (χ0v) is 16.5. The van der Waals surface area contributed by atoms with Crippen LogP contribution in [0, 0.1) is 19.7 Å². The molecule has 0 bridgehead atoms. The molecule has 152 valence electrons. The molecule has 0 aliphatic heterocycles. The van der Waals surface area contributed by atoms with Crippen molar-refractivity contribution in [2.45, 2.75) is 26.6 Å². The molecule has 0 saturated heterocycles. The summed E-state index contributed by atoms with van der Waals surface area (Å²) < 4.78 is 54.1. The number of hydrogen-bond acceptors (Lipinski definition) is 2. The molecule has 0 aliphatic carbocycles. The van der Waals surface area contributed by atoms with Crippen LogP contribution in [0.25, 0.3) is 0 Å². The van der Waals surface area contributed by atoms with E-state index in [4.69, 9.17) is 12.2 Å². The topological polar surface area (TPSA) is 41.9 Å². The van der Waals surface area contributed by atoms with E-state index in [-0.39, 0.29) is 23.2 Å². The van der Waals surface area contributed by atoms with Gasteiger partial charge in [-0.2, -0.15) is 18.3 Å². The van der Waals surface area contributed by atoms with Crippen molar-refractivity contribution in [2.24, 2.45) is 0 Å². The SMILES string of the molecule is Cc1nn(Cc2ccccc2F)c(C)c1NC(=S)Nc1cccc(C(F)(F)F)c1. The van der Waals surface area contributed by atoms with Crippen LogP contribution in [0.3, 0.4) is 0 Å². The highest BCUT2D eigenvalue weighted by Crippen LogP contribution is 2.30. The molecule has 1 heterocycles. The highest BCUT2D eigenvalue weighted by molar-refractivity contribution is 7.80. The van der Waals surface area contributed by atoms with Gasteiger partial charge in [0.2, 0.25) is 0 Å². The van der Waals surface area contributed by atoms with Crippen LogP contribution < -0.4 is 10.6 Å². The summed E-state index contributed by atoms with van der Waals surface area (Å²) >= 11 is 5.23. The molecular formula is C20H18F4N4S. The zero-order valence-electron chi connectivity index (χ0n) is 15.6. The fourth-order valence-electron chi connectivity index (χ4n) is 2.87. The molecule has 2 N–H and O–H groups in total. The number of hydrogen-bond donors (Lipinski definition) is 2. The normalized spacial score (nSPS) is 11.4. The third kappa shape index (κ3) is 4.92. The summed E-state index contributed by atoms with van der Waals surface area (Å²) in [5.74, 6) is -0.323. The monoisotopic (exact) mass is 422 g/mol. The standard InChI is InChI=1S/C20H18F4N4S/c1-12-18(13(2)28(27-12)11-14-6-3-4-9-17(14)21)26-19(29)25-16-8-5-7-15(10-16)20(22,23)24/h3-10H,11H2,1-2H3,(H2,25,26,29). The molecule has 0 atom stereocenters. The third-order valence-electron chi connectivity index (χ3n) is 4.35. The minimum atomic E-state index is -4.44. The largest absolute Gasteiger partial charge is 0.416 e. The van der Waals surface area contributed by atoms with Crippen LogP contribution in [-0.4, -0.2) is 14.9 Å². The fraction of sp³-hybridized carbons (Fsp3) is 0.200. The van der Waals surface area contributed by atoms with Crippen LogP contribution in [0.5, 0.6) is 0 Å². The van der Waals surface area contributed by atoms with E-state index in [2.05, 4.69) is 15.7 Å². The molecule has 4 nitrogen and oxygen atoms in total. The maximum Gasteiger partial charge on any atom is 0.416 e. The molecule has 9 heteroatoms. The minimum Gasteiger partial charge on any atom is -0.332 e. The van der Waals surface area contributed by atoms with Crippen molar-refractivity contribution in [3.05, 3.63) is 76.9 Å². The van der Waals surface area contributed by atoms with Gasteiger partial charge in [-0.1, -0.05) is 24.3 Å². The lowest BCUT2D eigenvalue weighted by Crippen LogP contribution is -2.20. The van der Waals surface area contributed by atoms with Crippen molar-refractivity contribution in [3.63, 3.8) is 0 Å². The van der Waals surface area contributed by atoms with Gasteiger partial charge < -0.3 is 10.6 Å². The summed E-state index contributed by atoms with van der Waals surface area (Å²) in [7, 11) is 0. The van der Waals surface area contributed by atoms with Crippen LogP contribution >= 0.6 is 12.2 Å². The van der Waals surface area contributed by atoms with Gasteiger partial charge in [0, 0.05) is 11.3 Å². The molecule has 29 heavy (non-hydrogen) atoms. The first-order valence-corrected chi connectivity index (χ1v) is 9.08. The Kier molecular flexibility index (Phi) is 5.88. The Morgan fingerprint density at radius 3 is 2.48 bits per heavy atom. The first kappa shape index (κ1) is 20.8. The summed E-state index contributed by atoms with van der Waals surface area (Å²) in [5.41, 5.74) is 1.91. The molecule has 0 fully saturated rings. The van der Waals surface area contributed by atoms with E-state index in [1.807, 2.05) is 0 Å². The van der Waals surface area contributed by atoms with E-state index in [1.54, 1.807) is 36.7 Å². The second kappa shape index (κ2) is 8.20. The van der Waals surface area contributed by atoms with Gasteiger partial charge in [-0.05, 0) is 50.3 Å². The van der Waals surface area contributed by atoms with Crippen molar-refractivity contribution in [2.75, 3.05) is 10.6 Å². The van der Waals surface area contributed by atoms with E-state index in [0.29, 0.717) is 16.9 Å². The molecule has 0 saturated carbocycles. The van der Waals surface area contributed by atoms with Crippen LogP contribution in [0.15, 0.2) is 48.5 Å². The van der Waals surface area contributed by atoms with Gasteiger partial charge >= 0.3 is 6.18 Å². The third-order valence-corrected chi connectivity index (χ3v) is 4.55. The van der Waals surface area contributed by atoms with Crippen molar-refractivity contribution in [3.8, 4) is 0 Å². The molecule has 0 spiro atoms. The number of rotatable bonds is 4. The number of nitrogens with one attached hydrogen (secondary N) is 2.